The van der Waals surface area contributed by atoms with Crippen molar-refractivity contribution < 1.29 is 5.11 Å². The lowest BCUT2D eigenvalue weighted by Crippen LogP contribution is -2.35. The second kappa shape index (κ2) is 5.48. The van der Waals surface area contributed by atoms with Gasteiger partial charge in [0, 0.05) is 24.2 Å². The fourth-order valence-electron chi connectivity index (χ4n) is 1.74. The van der Waals surface area contributed by atoms with E-state index in [1.165, 1.54) is 0 Å². The van der Waals surface area contributed by atoms with Crippen molar-refractivity contribution in [1.29, 1.82) is 0 Å². The monoisotopic (exact) mass is 264 g/mol. The molecule has 0 aliphatic rings. The minimum atomic E-state index is -0.919. The third-order valence-corrected chi connectivity index (χ3v) is 3.47. The number of thiazole rings is 1. The first-order valence-electron chi connectivity index (χ1n) is 5.73. The summed E-state index contributed by atoms with van der Waals surface area (Å²) in [7, 11) is 0. The molecule has 0 spiro atoms. The average Bonchev–Trinajstić information content (AvgIpc) is 2.76. The molecule has 0 saturated carbocycles. The minimum Gasteiger partial charge on any atom is -0.384 e. The van der Waals surface area contributed by atoms with Gasteiger partial charge in [-0.25, -0.2) is 0 Å². The van der Waals surface area contributed by atoms with Crippen molar-refractivity contribution in [2.24, 2.45) is 0 Å². The molecular weight excluding hydrogens is 248 g/mol. The van der Waals surface area contributed by atoms with Crippen molar-refractivity contribution in [2.45, 2.75) is 19.1 Å². The van der Waals surface area contributed by atoms with E-state index in [1.807, 2.05) is 30.3 Å². The van der Waals surface area contributed by atoms with E-state index in [0.29, 0.717) is 13.1 Å². The molecule has 1 aromatic heterocycles. The van der Waals surface area contributed by atoms with Crippen molar-refractivity contribution >= 4 is 11.3 Å². The molecule has 3 N–H and O–H groups in total. The molecule has 18 heavy (non-hydrogen) atoms. The van der Waals surface area contributed by atoms with Crippen LogP contribution in [0, 0.1) is 0 Å². The van der Waals surface area contributed by atoms with Crippen LogP contribution < -0.4 is 10.2 Å². The largest absolute Gasteiger partial charge is 0.384 e. The number of nitrogens with one attached hydrogen (secondary N) is 2. The summed E-state index contributed by atoms with van der Waals surface area (Å²) >= 11 is 1.15. The Hall–Kier alpha value is -1.43. The summed E-state index contributed by atoms with van der Waals surface area (Å²) < 4.78 is 0. The van der Waals surface area contributed by atoms with E-state index >= 15 is 0 Å². The predicted octanol–water partition coefficient (Wildman–Crippen LogP) is 1.43. The van der Waals surface area contributed by atoms with Gasteiger partial charge in [0.1, 0.15) is 0 Å². The number of benzene rings is 1. The van der Waals surface area contributed by atoms with Crippen LogP contribution in [0.15, 0.2) is 40.5 Å². The first-order chi connectivity index (χ1) is 8.58. The van der Waals surface area contributed by atoms with Crippen molar-refractivity contribution in [3.8, 4) is 0 Å². The van der Waals surface area contributed by atoms with Crippen LogP contribution in [0.1, 0.15) is 18.2 Å². The van der Waals surface area contributed by atoms with Crippen molar-refractivity contribution in [1.82, 2.24) is 10.3 Å². The van der Waals surface area contributed by atoms with E-state index in [1.54, 1.807) is 12.3 Å². The normalized spacial score (nSPS) is 14.3. The van der Waals surface area contributed by atoms with Gasteiger partial charge in [-0.3, -0.25) is 4.79 Å². The molecule has 2 aromatic rings. The highest BCUT2D eigenvalue weighted by atomic mass is 32.1. The Labute approximate surface area is 109 Å². The zero-order valence-corrected chi connectivity index (χ0v) is 11.0. The lowest BCUT2D eigenvalue weighted by atomic mass is 9.96. The van der Waals surface area contributed by atoms with Gasteiger partial charge in [-0.15, -0.1) is 0 Å². The van der Waals surface area contributed by atoms with Crippen LogP contribution >= 0.6 is 11.3 Å². The van der Waals surface area contributed by atoms with E-state index in [4.69, 9.17) is 0 Å². The van der Waals surface area contributed by atoms with Crippen LogP contribution in [0.25, 0.3) is 0 Å². The molecule has 0 aliphatic carbocycles. The molecule has 96 valence electrons. The van der Waals surface area contributed by atoms with E-state index < -0.39 is 5.60 Å². The van der Waals surface area contributed by atoms with Gasteiger partial charge in [0.2, 0.25) is 0 Å². The summed E-state index contributed by atoms with van der Waals surface area (Å²) in [6.07, 6.45) is 0. The molecule has 0 saturated heterocycles. The van der Waals surface area contributed by atoms with Gasteiger partial charge in [0.05, 0.1) is 5.60 Å². The predicted molar refractivity (Wildman–Crippen MR) is 72.7 cm³/mol. The summed E-state index contributed by atoms with van der Waals surface area (Å²) in [5, 5.41) is 15.3. The maximum Gasteiger partial charge on any atom is 0.304 e. The minimum absolute atomic E-state index is 0.0541. The Balaban J connectivity index is 1.91. The molecule has 1 heterocycles. The fourth-order valence-corrected chi connectivity index (χ4v) is 2.32. The van der Waals surface area contributed by atoms with Crippen LogP contribution in [0.5, 0.6) is 0 Å². The summed E-state index contributed by atoms with van der Waals surface area (Å²) in [5.74, 6) is 0. The molecular formula is C13H16N2O2S. The summed E-state index contributed by atoms with van der Waals surface area (Å²) in [5.41, 5.74) is 0.794. The van der Waals surface area contributed by atoms with E-state index in [-0.39, 0.29) is 4.87 Å². The second-order valence-corrected chi connectivity index (χ2v) is 5.26. The van der Waals surface area contributed by atoms with Crippen molar-refractivity contribution in [3.05, 3.63) is 56.6 Å². The molecule has 0 aliphatic heterocycles. The Kier molecular flexibility index (Phi) is 3.96. The van der Waals surface area contributed by atoms with Gasteiger partial charge in [-0.1, -0.05) is 41.7 Å². The van der Waals surface area contributed by atoms with Crippen molar-refractivity contribution in [3.63, 3.8) is 0 Å². The maximum atomic E-state index is 11.0. The van der Waals surface area contributed by atoms with E-state index in [2.05, 4.69) is 10.3 Å². The standard InChI is InChI=1S/C13H16N2O2S/c1-13(17,10-5-3-2-4-6-10)9-14-7-11-8-18-12(16)15-11/h2-6,8,14,17H,7,9H2,1H3,(H,15,16). The fraction of sp³-hybridized carbons (Fsp3) is 0.308. The third-order valence-electron chi connectivity index (χ3n) is 2.75. The van der Waals surface area contributed by atoms with Gasteiger partial charge < -0.3 is 15.4 Å². The number of hydrogen-bond donors (Lipinski definition) is 3. The van der Waals surface area contributed by atoms with Crippen LogP contribution in [0.4, 0.5) is 0 Å². The molecule has 2 rings (SSSR count). The maximum absolute atomic E-state index is 11.0. The summed E-state index contributed by atoms with van der Waals surface area (Å²) in [6.45, 7) is 2.74. The van der Waals surface area contributed by atoms with Gasteiger partial charge in [0.15, 0.2) is 0 Å². The molecule has 0 radical (unpaired) electrons. The number of aliphatic hydroxyl groups is 1. The topological polar surface area (TPSA) is 65.1 Å². The van der Waals surface area contributed by atoms with Gasteiger partial charge in [-0.05, 0) is 12.5 Å². The molecule has 0 bridgehead atoms. The van der Waals surface area contributed by atoms with Gasteiger partial charge in [-0.2, -0.15) is 0 Å². The first kappa shape index (κ1) is 13.0. The molecule has 4 nitrogen and oxygen atoms in total. The Morgan fingerprint density at radius 2 is 2.11 bits per heavy atom. The smallest absolute Gasteiger partial charge is 0.304 e. The summed E-state index contributed by atoms with van der Waals surface area (Å²) in [6, 6.07) is 9.52. The lowest BCUT2D eigenvalue weighted by molar-refractivity contribution is 0.0566. The lowest BCUT2D eigenvalue weighted by Gasteiger charge is -2.24. The van der Waals surface area contributed by atoms with Crippen LogP contribution in [-0.2, 0) is 12.1 Å². The van der Waals surface area contributed by atoms with Crippen molar-refractivity contribution in [2.75, 3.05) is 6.54 Å². The molecule has 5 heteroatoms. The number of rotatable bonds is 5. The molecule has 1 aromatic carbocycles. The van der Waals surface area contributed by atoms with Gasteiger partial charge >= 0.3 is 4.87 Å². The third kappa shape index (κ3) is 3.29. The molecule has 1 atom stereocenters. The summed E-state index contributed by atoms with van der Waals surface area (Å²) in [4.78, 5) is 13.6. The molecule has 1 unspecified atom stereocenters. The highest BCUT2D eigenvalue weighted by Crippen LogP contribution is 2.18. The number of H-pyrrole nitrogens is 1. The number of aromatic nitrogens is 1. The van der Waals surface area contributed by atoms with E-state index in [9.17, 15) is 9.90 Å². The SMILES string of the molecule is CC(O)(CNCc1csc(=O)[nH]1)c1ccccc1. The molecule has 0 fully saturated rings. The quantitative estimate of drug-likeness (QED) is 0.765. The highest BCUT2D eigenvalue weighted by Gasteiger charge is 2.21. The Bertz CT molecular complexity index is 545. The Morgan fingerprint density at radius 3 is 2.72 bits per heavy atom. The van der Waals surface area contributed by atoms with E-state index in [0.717, 1.165) is 22.6 Å². The number of aromatic amines is 1. The first-order valence-corrected chi connectivity index (χ1v) is 6.61. The average molecular weight is 264 g/mol. The van der Waals surface area contributed by atoms with Gasteiger partial charge in [0.25, 0.3) is 0 Å². The Morgan fingerprint density at radius 1 is 1.39 bits per heavy atom. The van der Waals surface area contributed by atoms with Crippen LogP contribution in [0.3, 0.4) is 0 Å². The van der Waals surface area contributed by atoms with Crippen LogP contribution in [-0.4, -0.2) is 16.6 Å². The van der Waals surface area contributed by atoms with Crippen LogP contribution in [0.2, 0.25) is 0 Å². The zero-order chi connectivity index (χ0) is 13.0. The number of hydrogen-bond acceptors (Lipinski definition) is 4. The second-order valence-electron chi connectivity index (χ2n) is 4.42. The zero-order valence-electron chi connectivity index (χ0n) is 10.1. The highest BCUT2D eigenvalue weighted by molar-refractivity contribution is 7.07. The molecule has 0 amide bonds.